The molecule has 3 aromatic rings. The van der Waals surface area contributed by atoms with Gasteiger partial charge in [0.1, 0.15) is 0 Å². The lowest BCUT2D eigenvalue weighted by Gasteiger charge is -1.98. The van der Waals surface area contributed by atoms with Crippen LogP contribution in [0, 0.1) is 6.92 Å². The van der Waals surface area contributed by atoms with Gasteiger partial charge in [0, 0.05) is 10.8 Å². The van der Waals surface area contributed by atoms with Crippen molar-refractivity contribution < 1.29 is 0 Å². The number of fused-ring (bicyclic) bond motifs is 3. The van der Waals surface area contributed by atoms with Gasteiger partial charge >= 0.3 is 0 Å². The molecule has 0 bridgehead atoms. The fraction of sp³-hybridized carbons (Fsp3) is 0.0769. The average molecular weight is 307 g/mol. The summed E-state index contributed by atoms with van der Waals surface area (Å²) in [5.41, 5.74) is 3.96. The molecule has 3 rings (SSSR count). The first-order valence-electron chi connectivity index (χ1n) is 4.94. The third-order valence-electron chi connectivity index (χ3n) is 2.84. The molecule has 1 aromatic heterocycles. The quantitative estimate of drug-likeness (QED) is 0.546. The van der Waals surface area contributed by atoms with Gasteiger partial charge in [0.15, 0.2) is 0 Å². The van der Waals surface area contributed by atoms with E-state index in [4.69, 9.17) is 0 Å². The number of hydrogen-bond donors (Lipinski definition) is 0. The molecule has 74 valence electrons. The molecule has 2 heteroatoms. The Kier molecular flexibility index (Phi) is 1.99. The van der Waals surface area contributed by atoms with Crippen LogP contribution in [0.1, 0.15) is 5.56 Å². The van der Waals surface area contributed by atoms with E-state index in [2.05, 4.69) is 75.0 Å². The maximum atomic E-state index is 2.37. The third-order valence-corrected chi connectivity index (χ3v) is 3.84. The van der Waals surface area contributed by atoms with Crippen LogP contribution in [0.15, 0.2) is 42.5 Å². The molecule has 0 saturated heterocycles. The van der Waals surface area contributed by atoms with Crippen molar-refractivity contribution in [2.75, 3.05) is 0 Å². The van der Waals surface area contributed by atoms with Crippen molar-refractivity contribution in [3.63, 3.8) is 0 Å². The number of aromatic nitrogens is 1. The summed E-state index contributed by atoms with van der Waals surface area (Å²) < 4.78 is 2.25. The molecular weight excluding hydrogens is 297 g/mol. The van der Waals surface area contributed by atoms with E-state index in [0.29, 0.717) is 0 Å². The number of aryl methyl sites for hydroxylation is 1. The summed E-state index contributed by atoms with van der Waals surface area (Å²) in [5, 5.41) is 2.69. The predicted molar refractivity (Wildman–Crippen MR) is 73.6 cm³/mol. The van der Waals surface area contributed by atoms with Crippen LogP contribution in [-0.2, 0) is 0 Å². The zero-order chi connectivity index (χ0) is 10.4. The summed E-state index contributed by atoms with van der Waals surface area (Å²) in [4.78, 5) is 0. The molecule has 1 nitrogen and oxygen atoms in total. The highest BCUT2D eigenvalue weighted by Gasteiger charge is 2.09. The second kappa shape index (κ2) is 3.23. The minimum Gasteiger partial charge on any atom is -0.281 e. The highest BCUT2D eigenvalue weighted by atomic mass is 127. The van der Waals surface area contributed by atoms with Crippen molar-refractivity contribution >= 4 is 44.7 Å². The van der Waals surface area contributed by atoms with Crippen LogP contribution in [0.2, 0.25) is 0 Å². The molecule has 2 aromatic carbocycles. The first kappa shape index (κ1) is 9.21. The van der Waals surface area contributed by atoms with E-state index < -0.39 is 0 Å². The largest absolute Gasteiger partial charge is 0.281 e. The highest BCUT2D eigenvalue weighted by molar-refractivity contribution is 14.1. The molecule has 0 unspecified atom stereocenters. The van der Waals surface area contributed by atoms with Gasteiger partial charge in [-0.3, -0.25) is 2.78 Å². The Balaban J connectivity index is 2.69. The van der Waals surface area contributed by atoms with E-state index in [1.165, 1.54) is 27.4 Å². The zero-order valence-corrected chi connectivity index (χ0v) is 10.5. The van der Waals surface area contributed by atoms with Gasteiger partial charge in [-0.05, 0) is 18.6 Å². The molecule has 0 aliphatic rings. The summed E-state index contributed by atoms with van der Waals surface area (Å²) in [6.45, 7) is 2.16. The van der Waals surface area contributed by atoms with Crippen molar-refractivity contribution in [1.29, 1.82) is 0 Å². The monoisotopic (exact) mass is 307 g/mol. The van der Waals surface area contributed by atoms with E-state index in [9.17, 15) is 0 Å². The Labute approximate surface area is 102 Å². The van der Waals surface area contributed by atoms with Crippen molar-refractivity contribution in [1.82, 2.24) is 2.78 Å². The molecule has 0 N–H and O–H groups in total. The zero-order valence-electron chi connectivity index (χ0n) is 8.37. The average Bonchev–Trinajstić information content (AvgIpc) is 2.55. The number of hydrogen-bond acceptors (Lipinski definition) is 0. The topological polar surface area (TPSA) is 4.93 Å². The van der Waals surface area contributed by atoms with Crippen molar-refractivity contribution in [2.45, 2.75) is 6.92 Å². The van der Waals surface area contributed by atoms with Crippen molar-refractivity contribution in [3.05, 3.63) is 48.0 Å². The maximum Gasteiger partial charge on any atom is 0.0646 e. The molecule has 0 fully saturated rings. The molecule has 0 aliphatic carbocycles. The Morgan fingerprint density at radius 2 is 1.67 bits per heavy atom. The van der Waals surface area contributed by atoms with E-state index >= 15 is 0 Å². The van der Waals surface area contributed by atoms with E-state index in [1.807, 2.05) is 0 Å². The summed E-state index contributed by atoms with van der Waals surface area (Å²) in [6, 6.07) is 15.0. The summed E-state index contributed by atoms with van der Waals surface area (Å²) in [6.07, 6.45) is 0. The number of para-hydroxylation sites is 2. The standard InChI is InChI=1S/C13H10IN/c1-9-5-4-7-11-10-6-2-3-8-12(10)15(14)13(9)11/h2-8H,1H3. The number of nitrogens with zero attached hydrogens (tertiary/aromatic N) is 1. The van der Waals surface area contributed by atoms with Crippen LogP contribution < -0.4 is 0 Å². The molecule has 0 aliphatic heterocycles. The number of halogens is 1. The van der Waals surface area contributed by atoms with Crippen LogP contribution in [0.4, 0.5) is 0 Å². The van der Waals surface area contributed by atoms with Gasteiger partial charge in [0.05, 0.1) is 33.9 Å². The maximum absolute atomic E-state index is 2.37. The first-order chi connectivity index (χ1) is 7.29. The lowest BCUT2D eigenvalue weighted by Crippen LogP contribution is -1.80. The third kappa shape index (κ3) is 1.21. The molecule has 1 heterocycles. The van der Waals surface area contributed by atoms with Gasteiger partial charge in [-0.15, -0.1) is 0 Å². The van der Waals surface area contributed by atoms with E-state index in [0.717, 1.165) is 0 Å². The first-order valence-corrected chi connectivity index (χ1v) is 5.90. The minimum absolute atomic E-state index is 1.29. The smallest absolute Gasteiger partial charge is 0.0646 e. The Hall–Kier alpha value is -1.03. The highest BCUT2D eigenvalue weighted by Crippen LogP contribution is 2.32. The normalized spacial score (nSPS) is 11.3. The Bertz CT molecular complexity index is 652. The number of rotatable bonds is 0. The predicted octanol–water partition coefficient (Wildman–Crippen LogP) is 4.30. The van der Waals surface area contributed by atoms with Crippen LogP contribution >= 0.6 is 22.9 Å². The van der Waals surface area contributed by atoms with Crippen LogP contribution in [-0.4, -0.2) is 2.78 Å². The van der Waals surface area contributed by atoms with Gasteiger partial charge in [0.2, 0.25) is 0 Å². The number of benzene rings is 2. The van der Waals surface area contributed by atoms with E-state index in [1.54, 1.807) is 0 Å². The van der Waals surface area contributed by atoms with Crippen LogP contribution in [0.3, 0.4) is 0 Å². The van der Waals surface area contributed by atoms with Crippen LogP contribution in [0.25, 0.3) is 21.8 Å². The lowest BCUT2D eigenvalue weighted by atomic mass is 10.1. The van der Waals surface area contributed by atoms with E-state index in [-0.39, 0.29) is 0 Å². The molecule has 0 saturated carbocycles. The van der Waals surface area contributed by atoms with Gasteiger partial charge in [-0.2, -0.15) is 0 Å². The SMILES string of the molecule is Cc1cccc2c3ccccc3n(I)c12. The van der Waals surface area contributed by atoms with Gasteiger partial charge in [-0.1, -0.05) is 36.4 Å². The van der Waals surface area contributed by atoms with Gasteiger partial charge in [-0.25, -0.2) is 0 Å². The second-order valence-electron chi connectivity index (χ2n) is 3.77. The molecular formula is C13H10IN. The molecule has 15 heavy (non-hydrogen) atoms. The summed E-state index contributed by atoms with van der Waals surface area (Å²) in [5.74, 6) is 0. The fourth-order valence-corrected chi connectivity index (χ4v) is 3.19. The van der Waals surface area contributed by atoms with Gasteiger partial charge in [0.25, 0.3) is 0 Å². The van der Waals surface area contributed by atoms with Gasteiger partial charge < -0.3 is 0 Å². The second-order valence-corrected chi connectivity index (χ2v) is 4.73. The fourth-order valence-electron chi connectivity index (χ4n) is 2.13. The minimum atomic E-state index is 1.29. The molecule has 0 atom stereocenters. The van der Waals surface area contributed by atoms with Crippen molar-refractivity contribution in [2.24, 2.45) is 0 Å². The molecule has 0 amide bonds. The summed E-state index contributed by atoms with van der Waals surface area (Å²) in [7, 11) is 0. The molecule has 0 radical (unpaired) electrons. The Morgan fingerprint density at radius 1 is 0.933 bits per heavy atom. The molecule has 0 spiro atoms. The summed E-state index contributed by atoms with van der Waals surface area (Å²) >= 11 is 2.37. The lowest BCUT2D eigenvalue weighted by molar-refractivity contribution is 1.42. The van der Waals surface area contributed by atoms with Crippen LogP contribution in [0.5, 0.6) is 0 Å². The Morgan fingerprint density at radius 3 is 2.53 bits per heavy atom. The van der Waals surface area contributed by atoms with Crippen molar-refractivity contribution in [3.8, 4) is 0 Å².